The summed E-state index contributed by atoms with van der Waals surface area (Å²) in [6, 6.07) is 4.08. The molecule has 0 bridgehead atoms. The van der Waals surface area contributed by atoms with Crippen LogP contribution in [0.15, 0.2) is 24.3 Å². The predicted octanol–water partition coefficient (Wildman–Crippen LogP) is 3.66. The van der Waals surface area contributed by atoms with Crippen LogP contribution in [0.4, 0.5) is 18.0 Å². The molecule has 3 amide bonds. The summed E-state index contributed by atoms with van der Waals surface area (Å²) in [5.41, 5.74) is -0.867. The third-order valence-corrected chi connectivity index (χ3v) is 4.41. The maximum atomic E-state index is 12.6. The van der Waals surface area contributed by atoms with Crippen molar-refractivity contribution in [1.82, 2.24) is 15.5 Å². The number of urea groups is 1. The first-order chi connectivity index (χ1) is 12.5. The molecule has 0 spiro atoms. The van der Waals surface area contributed by atoms with E-state index in [4.69, 9.17) is 0 Å². The molecule has 0 saturated carbocycles. The summed E-state index contributed by atoms with van der Waals surface area (Å²) >= 11 is 0. The number of halogens is 3. The molecule has 0 aliphatic carbocycles. The molecule has 1 aromatic rings. The van der Waals surface area contributed by atoms with Crippen molar-refractivity contribution >= 4 is 11.9 Å². The minimum Gasteiger partial charge on any atom is -0.352 e. The van der Waals surface area contributed by atoms with Gasteiger partial charge in [-0.05, 0) is 63.8 Å². The summed E-state index contributed by atoms with van der Waals surface area (Å²) in [4.78, 5) is 26.0. The SMILES string of the molecule is CC(C)(C)NC(=O)N1CCC(CNC(=O)c2ccc(C(F)(F)F)cc2)CC1. The van der Waals surface area contributed by atoms with E-state index in [-0.39, 0.29) is 23.1 Å². The highest BCUT2D eigenvalue weighted by Gasteiger charge is 2.30. The van der Waals surface area contributed by atoms with Gasteiger partial charge < -0.3 is 15.5 Å². The first kappa shape index (κ1) is 21.1. The predicted molar refractivity (Wildman–Crippen MR) is 96.4 cm³/mol. The zero-order chi connectivity index (χ0) is 20.2. The standard InChI is InChI=1S/C19H26F3N3O2/c1-18(2,3)24-17(27)25-10-8-13(9-11-25)12-23-16(26)14-4-6-15(7-5-14)19(20,21)22/h4-7,13H,8-12H2,1-3H3,(H,23,26)(H,24,27). The molecule has 0 unspecified atom stereocenters. The van der Waals surface area contributed by atoms with Gasteiger partial charge in [0.2, 0.25) is 0 Å². The summed E-state index contributed by atoms with van der Waals surface area (Å²) in [5.74, 6) is -0.154. The van der Waals surface area contributed by atoms with E-state index >= 15 is 0 Å². The second-order valence-corrected chi connectivity index (χ2v) is 7.90. The van der Waals surface area contributed by atoms with Crippen molar-refractivity contribution in [3.63, 3.8) is 0 Å². The summed E-state index contributed by atoms with van der Waals surface area (Å²) in [5, 5.41) is 5.70. The van der Waals surface area contributed by atoms with Crippen LogP contribution in [0.1, 0.15) is 49.5 Å². The van der Waals surface area contributed by atoms with Crippen molar-refractivity contribution in [2.75, 3.05) is 19.6 Å². The molecule has 2 N–H and O–H groups in total. The number of rotatable bonds is 3. The summed E-state index contributed by atoms with van der Waals surface area (Å²) in [7, 11) is 0. The second-order valence-electron chi connectivity index (χ2n) is 7.90. The van der Waals surface area contributed by atoms with E-state index < -0.39 is 17.6 Å². The smallest absolute Gasteiger partial charge is 0.352 e. The molecule has 1 fully saturated rings. The van der Waals surface area contributed by atoms with E-state index in [0.29, 0.717) is 19.6 Å². The molecule has 1 aromatic carbocycles. The monoisotopic (exact) mass is 385 g/mol. The van der Waals surface area contributed by atoms with Gasteiger partial charge in [-0.3, -0.25) is 4.79 Å². The molecule has 0 aromatic heterocycles. The molecule has 8 heteroatoms. The number of carbonyl (C=O) groups is 2. The number of amides is 3. The van der Waals surface area contributed by atoms with E-state index in [2.05, 4.69) is 10.6 Å². The van der Waals surface area contributed by atoms with Gasteiger partial charge in [0.25, 0.3) is 5.91 Å². The Morgan fingerprint density at radius 2 is 1.63 bits per heavy atom. The van der Waals surface area contributed by atoms with Crippen LogP contribution in [-0.4, -0.2) is 42.0 Å². The normalized spacial score (nSPS) is 16.1. The first-order valence-corrected chi connectivity index (χ1v) is 8.98. The fraction of sp³-hybridized carbons (Fsp3) is 0.579. The van der Waals surface area contributed by atoms with Gasteiger partial charge in [-0.1, -0.05) is 0 Å². The fourth-order valence-corrected chi connectivity index (χ4v) is 2.89. The van der Waals surface area contributed by atoms with Crippen molar-refractivity contribution in [1.29, 1.82) is 0 Å². The summed E-state index contributed by atoms with van der Waals surface area (Å²) in [6.07, 6.45) is -2.88. The number of hydrogen-bond acceptors (Lipinski definition) is 2. The lowest BCUT2D eigenvalue weighted by atomic mass is 9.96. The molecule has 1 aliphatic heterocycles. The van der Waals surface area contributed by atoms with Crippen molar-refractivity contribution in [3.8, 4) is 0 Å². The third kappa shape index (κ3) is 6.45. The molecule has 1 saturated heterocycles. The van der Waals surface area contributed by atoms with Gasteiger partial charge in [-0.2, -0.15) is 13.2 Å². The topological polar surface area (TPSA) is 61.4 Å². The molecule has 27 heavy (non-hydrogen) atoms. The van der Waals surface area contributed by atoms with E-state index in [0.717, 1.165) is 25.0 Å². The average Bonchev–Trinajstić information content (AvgIpc) is 2.58. The van der Waals surface area contributed by atoms with Crippen LogP contribution in [0, 0.1) is 5.92 Å². The van der Waals surface area contributed by atoms with Gasteiger partial charge >= 0.3 is 12.2 Å². The van der Waals surface area contributed by atoms with Gasteiger partial charge in [0.05, 0.1) is 5.56 Å². The minimum absolute atomic E-state index is 0.0882. The van der Waals surface area contributed by atoms with Crippen LogP contribution < -0.4 is 10.6 Å². The Morgan fingerprint density at radius 1 is 1.07 bits per heavy atom. The van der Waals surface area contributed by atoms with Crippen LogP contribution in [0.2, 0.25) is 0 Å². The van der Waals surface area contributed by atoms with Crippen LogP contribution in [-0.2, 0) is 6.18 Å². The van der Waals surface area contributed by atoms with Crippen LogP contribution in [0.3, 0.4) is 0 Å². The number of nitrogens with zero attached hydrogens (tertiary/aromatic N) is 1. The van der Waals surface area contributed by atoms with Crippen LogP contribution in [0.25, 0.3) is 0 Å². The van der Waals surface area contributed by atoms with E-state index in [1.807, 2.05) is 20.8 Å². The van der Waals surface area contributed by atoms with Crippen molar-refractivity contribution in [3.05, 3.63) is 35.4 Å². The van der Waals surface area contributed by atoms with E-state index in [1.165, 1.54) is 12.1 Å². The molecular weight excluding hydrogens is 359 g/mol. The highest BCUT2D eigenvalue weighted by molar-refractivity contribution is 5.94. The molecule has 0 radical (unpaired) electrons. The van der Waals surface area contributed by atoms with Gasteiger partial charge in [-0.25, -0.2) is 4.79 Å². The highest BCUT2D eigenvalue weighted by atomic mass is 19.4. The molecule has 150 valence electrons. The maximum Gasteiger partial charge on any atom is 0.416 e. The van der Waals surface area contributed by atoms with Gasteiger partial charge in [0.1, 0.15) is 0 Å². The average molecular weight is 385 g/mol. The van der Waals surface area contributed by atoms with Crippen molar-refractivity contribution < 1.29 is 22.8 Å². The number of benzene rings is 1. The first-order valence-electron chi connectivity index (χ1n) is 8.98. The Labute approximate surface area is 157 Å². The molecule has 5 nitrogen and oxygen atoms in total. The number of hydrogen-bond donors (Lipinski definition) is 2. The Morgan fingerprint density at radius 3 is 2.11 bits per heavy atom. The molecule has 1 aliphatic rings. The number of nitrogens with one attached hydrogen (secondary N) is 2. The zero-order valence-corrected chi connectivity index (χ0v) is 15.8. The Bertz CT molecular complexity index is 658. The number of likely N-dealkylation sites (tertiary alicyclic amines) is 1. The van der Waals surface area contributed by atoms with Crippen molar-refractivity contribution in [2.24, 2.45) is 5.92 Å². The largest absolute Gasteiger partial charge is 0.416 e. The zero-order valence-electron chi connectivity index (χ0n) is 15.8. The Balaban J connectivity index is 1.78. The number of alkyl halides is 3. The Hall–Kier alpha value is -2.25. The van der Waals surface area contributed by atoms with E-state index in [1.54, 1.807) is 4.90 Å². The lowest BCUT2D eigenvalue weighted by molar-refractivity contribution is -0.137. The molecule has 2 rings (SSSR count). The molecular formula is C19H26F3N3O2. The molecule has 0 atom stereocenters. The second kappa shape index (κ2) is 8.19. The maximum absolute atomic E-state index is 12.6. The lowest BCUT2D eigenvalue weighted by Crippen LogP contribution is -2.51. The minimum atomic E-state index is -4.41. The van der Waals surface area contributed by atoms with Crippen LogP contribution in [0.5, 0.6) is 0 Å². The quantitative estimate of drug-likeness (QED) is 0.834. The molecule has 1 heterocycles. The third-order valence-electron chi connectivity index (χ3n) is 4.41. The summed E-state index contributed by atoms with van der Waals surface area (Å²) < 4.78 is 37.7. The van der Waals surface area contributed by atoms with Crippen molar-refractivity contribution in [2.45, 2.75) is 45.3 Å². The van der Waals surface area contributed by atoms with E-state index in [9.17, 15) is 22.8 Å². The number of piperidine rings is 1. The highest BCUT2D eigenvalue weighted by Crippen LogP contribution is 2.29. The Kier molecular flexibility index (Phi) is 6.38. The fourth-order valence-electron chi connectivity index (χ4n) is 2.89. The van der Waals surface area contributed by atoms with Gasteiger partial charge in [0, 0.05) is 30.7 Å². The number of carbonyl (C=O) groups excluding carboxylic acids is 2. The van der Waals surface area contributed by atoms with Gasteiger partial charge in [-0.15, -0.1) is 0 Å². The van der Waals surface area contributed by atoms with Gasteiger partial charge in [0.15, 0.2) is 0 Å². The van der Waals surface area contributed by atoms with Crippen LogP contribution >= 0.6 is 0 Å². The summed E-state index contributed by atoms with van der Waals surface area (Å²) in [6.45, 7) is 7.44. The lowest BCUT2D eigenvalue weighted by Gasteiger charge is -2.34.